The van der Waals surface area contributed by atoms with Crippen molar-refractivity contribution in [3.05, 3.63) is 11.8 Å². The molecule has 0 bridgehead atoms. The second-order valence-electron chi connectivity index (χ2n) is 4.92. The van der Waals surface area contributed by atoms with E-state index in [2.05, 4.69) is 10.6 Å². The van der Waals surface area contributed by atoms with Gasteiger partial charge >= 0.3 is 5.97 Å². The fourth-order valence-electron chi connectivity index (χ4n) is 2.16. The summed E-state index contributed by atoms with van der Waals surface area (Å²) >= 11 is 0. The van der Waals surface area contributed by atoms with Crippen molar-refractivity contribution in [3.8, 4) is 6.07 Å². The zero-order valence-electron chi connectivity index (χ0n) is 11.5. The summed E-state index contributed by atoms with van der Waals surface area (Å²) in [5.74, 6) is -1.35. The highest BCUT2D eigenvalue weighted by Crippen LogP contribution is 2.17. The van der Waals surface area contributed by atoms with Crippen LogP contribution < -0.4 is 10.6 Å². The molecule has 3 N–H and O–H groups in total. The summed E-state index contributed by atoms with van der Waals surface area (Å²) in [6, 6.07) is 2.20. The summed E-state index contributed by atoms with van der Waals surface area (Å²) in [6.45, 7) is 0.258. The Labute approximate surface area is 118 Å². The summed E-state index contributed by atoms with van der Waals surface area (Å²) in [5.41, 5.74) is 0.0332. The Hall–Kier alpha value is -2.03. The Balaban J connectivity index is 2.34. The summed E-state index contributed by atoms with van der Waals surface area (Å²) in [7, 11) is 0. The second-order valence-corrected chi connectivity index (χ2v) is 4.92. The van der Waals surface area contributed by atoms with Gasteiger partial charge in [0.15, 0.2) is 0 Å². The van der Waals surface area contributed by atoms with Crippen LogP contribution in [0.15, 0.2) is 11.8 Å². The first-order valence-electron chi connectivity index (χ1n) is 7.00. The van der Waals surface area contributed by atoms with Crippen molar-refractivity contribution in [3.63, 3.8) is 0 Å². The number of nitrogens with one attached hydrogen (secondary N) is 2. The molecule has 0 heterocycles. The van der Waals surface area contributed by atoms with E-state index in [1.54, 1.807) is 0 Å². The number of carbonyl (C=O) groups is 2. The zero-order valence-corrected chi connectivity index (χ0v) is 11.5. The minimum absolute atomic E-state index is 0.00616. The lowest BCUT2D eigenvalue weighted by molar-refractivity contribution is -0.137. The molecule has 1 rings (SSSR count). The molecule has 0 aliphatic heterocycles. The van der Waals surface area contributed by atoms with Gasteiger partial charge in [0.2, 0.25) is 0 Å². The Bertz CT molecular complexity index is 406. The van der Waals surface area contributed by atoms with Gasteiger partial charge in [0.1, 0.15) is 11.6 Å². The van der Waals surface area contributed by atoms with Crippen molar-refractivity contribution >= 4 is 11.9 Å². The average molecular weight is 279 g/mol. The van der Waals surface area contributed by atoms with Crippen LogP contribution in [-0.2, 0) is 9.59 Å². The SMILES string of the molecule is N#C/C(=C/NC1CCCCC1)C(=O)NCCCC(=O)O. The molecule has 20 heavy (non-hydrogen) atoms. The van der Waals surface area contributed by atoms with Crippen LogP contribution in [-0.4, -0.2) is 29.6 Å². The van der Waals surface area contributed by atoms with Gasteiger partial charge in [-0.05, 0) is 19.3 Å². The number of carbonyl (C=O) groups excluding carboxylic acids is 1. The quantitative estimate of drug-likeness (QED) is 0.370. The van der Waals surface area contributed by atoms with E-state index in [1.807, 2.05) is 6.07 Å². The standard InChI is InChI=1S/C14H21N3O3/c15-9-11(10-17-12-5-2-1-3-6-12)14(20)16-8-4-7-13(18)19/h10,12,17H,1-8H2,(H,16,20)(H,18,19)/b11-10-. The van der Waals surface area contributed by atoms with E-state index < -0.39 is 11.9 Å². The molecular weight excluding hydrogens is 258 g/mol. The van der Waals surface area contributed by atoms with Crippen LogP contribution in [0.1, 0.15) is 44.9 Å². The number of nitriles is 1. The van der Waals surface area contributed by atoms with Crippen LogP contribution in [0.2, 0.25) is 0 Å². The smallest absolute Gasteiger partial charge is 0.303 e. The largest absolute Gasteiger partial charge is 0.481 e. The number of amides is 1. The van der Waals surface area contributed by atoms with Crippen molar-refractivity contribution < 1.29 is 14.7 Å². The molecule has 0 unspecified atom stereocenters. The van der Waals surface area contributed by atoms with Crippen molar-refractivity contribution in [2.24, 2.45) is 0 Å². The molecule has 0 atom stereocenters. The molecule has 0 aromatic carbocycles. The summed E-state index contributed by atoms with van der Waals surface area (Å²) in [5, 5.41) is 23.1. The topological polar surface area (TPSA) is 102 Å². The van der Waals surface area contributed by atoms with Gasteiger partial charge in [0.25, 0.3) is 5.91 Å². The van der Waals surface area contributed by atoms with Gasteiger partial charge in [-0.2, -0.15) is 5.26 Å². The molecule has 0 saturated heterocycles. The molecule has 6 heteroatoms. The van der Waals surface area contributed by atoms with Gasteiger partial charge in [-0.3, -0.25) is 9.59 Å². The number of hydrogen-bond acceptors (Lipinski definition) is 4. The summed E-state index contributed by atoms with van der Waals surface area (Å²) in [4.78, 5) is 22.0. The predicted octanol–water partition coefficient (Wildman–Crippen LogP) is 1.30. The highest BCUT2D eigenvalue weighted by Gasteiger charge is 2.13. The lowest BCUT2D eigenvalue weighted by Crippen LogP contribution is -2.30. The minimum Gasteiger partial charge on any atom is -0.481 e. The van der Waals surface area contributed by atoms with E-state index in [0.29, 0.717) is 12.5 Å². The number of nitrogens with zero attached hydrogens (tertiary/aromatic N) is 1. The molecule has 0 aromatic rings. The fraction of sp³-hybridized carbons (Fsp3) is 0.643. The molecule has 6 nitrogen and oxygen atoms in total. The van der Waals surface area contributed by atoms with Gasteiger partial charge in [0, 0.05) is 25.2 Å². The van der Waals surface area contributed by atoms with Gasteiger partial charge in [-0.25, -0.2) is 0 Å². The summed E-state index contributed by atoms with van der Waals surface area (Å²) < 4.78 is 0. The number of carboxylic acids is 1. The van der Waals surface area contributed by atoms with Crippen LogP contribution >= 0.6 is 0 Å². The Morgan fingerprint density at radius 1 is 1.30 bits per heavy atom. The lowest BCUT2D eigenvalue weighted by Gasteiger charge is -2.21. The number of aliphatic carboxylic acids is 1. The van der Waals surface area contributed by atoms with Crippen molar-refractivity contribution in [1.82, 2.24) is 10.6 Å². The maximum Gasteiger partial charge on any atom is 0.303 e. The second kappa shape index (κ2) is 8.97. The fourth-order valence-corrected chi connectivity index (χ4v) is 2.16. The third kappa shape index (κ3) is 6.23. The summed E-state index contributed by atoms with van der Waals surface area (Å²) in [6.07, 6.45) is 7.57. The number of carboxylic acid groups (broad SMARTS) is 1. The Morgan fingerprint density at radius 2 is 2.00 bits per heavy atom. The van der Waals surface area contributed by atoms with E-state index in [0.717, 1.165) is 12.8 Å². The Morgan fingerprint density at radius 3 is 2.60 bits per heavy atom. The highest BCUT2D eigenvalue weighted by atomic mass is 16.4. The predicted molar refractivity (Wildman–Crippen MR) is 73.6 cm³/mol. The van der Waals surface area contributed by atoms with E-state index in [-0.39, 0.29) is 18.5 Å². The first-order chi connectivity index (χ1) is 9.63. The van der Waals surface area contributed by atoms with Crippen LogP contribution in [0.5, 0.6) is 0 Å². The van der Waals surface area contributed by atoms with Crippen molar-refractivity contribution in [2.45, 2.75) is 51.0 Å². The molecule has 0 spiro atoms. The van der Waals surface area contributed by atoms with Gasteiger partial charge < -0.3 is 15.7 Å². The normalized spacial score (nSPS) is 16.2. The minimum atomic E-state index is -0.894. The highest BCUT2D eigenvalue weighted by molar-refractivity contribution is 5.97. The van der Waals surface area contributed by atoms with E-state index in [4.69, 9.17) is 10.4 Å². The number of hydrogen-bond donors (Lipinski definition) is 3. The molecule has 110 valence electrons. The molecule has 1 aliphatic carbocycles. The third-order valence-corrected chi connectivity index (χ3v) is 3.29. The average Bonchev–Trinajstić information content (AvgIpc) is 2.45. The first kappa shape index (κ1) is 16.0. The van der Waals surface area contributed by atoms with E-state index >= 15 is 0 Å². The molecule has 1 fully saturated rings. The van der Waals surface area contributed by atoms with Gasteiger partial charge in [-0.15, -0.1) is 0 Å². The van der Waals surface area contributed by atoms with Gasteiger partial charge in [-0.1, -0.05) is 19.3 Å². The molecule has 0 radical (unpaired) electrons. The third-order valence-electron chi connectivity index (χ3n) is 3.29. The maximum absolute atomic E-state index is 11.7. The van der Waals surface area contributed by atoms with E-state index in [1.165, 1.54) is 25.5 Å². The monoisotopic (exact) mass is 279 g/mol. The molecule has 1 aliphatic rings. The van der Waals surface area contributed by atoms with Crippen LogP contribution in [0, 0.1) is 11.3 Å². The lowest BCUT2D eigenvalue weighted by atomic mass is 9.96. The van der Waals surface area contributed by atoms with Gasteiger partial charge in [0.05, 0.1) is 0 Å². The zero-order chi connectivity index (χ0) is 14.8. The molecule has 1 amide bonds. The molecular formula is C14H21N3O3. The van der Waals surface area contributed by atoms with Crippen molar-refractivity contribution in [2.75, 3.05) is 6.54 Å². The van der Waals surface area contributed by atoms with Crippen LogP contribution in [0.25, 0.3) is 0 Å². The van der Waals surface area contributed by atoms with E-state index in [9.17, 15) is 9.59 Å². The van der Waals surface area contributed by atoms with Crippen LogP contribution in [0.4, 0.5) is 0 Å². The molecule has 1 saturated carbocycles. The first-order valence-corrected chi connectivity index (χ1v) is 7.00. The van der Waals surface area contributed by atoms with Crippen LogP contribution in [0.3, 0.4) is 0 Å². The number of rotatable bonds is 7. The Kier molecular flexibility index (Phi) is 7.18. The van der Waals surface area contributed by atoms with Crippen molar-refractivity contribution in [1.29, 1.82) is 5.26 Å². The maximum atomic E-state index is 11.7. The molecule has 0 aromatic heterocycles.